The average Bonchev–Trinajstić information content (AvgIpc) is 3.87. The van der Waals surface area contributed by atoms with Gasteiger partial charge in [-0.2, -0.15) is 0 Å². The van der Waals surface area contributed by atoms with Crippen LogP contribution in [0.3, 0.4) is 0 Å². The molecule has 3 aromatic heterocycles. The summed E-state index contributed by atoms with van der Waals surface area (Å²) in [4.78, 5) is 35.2. The summed E-state index contributed by atoms with van der Waals surface area (Å²) >= 11 is 93.3. The first kappa shape index (κ1) is 37.9. The number of nitrogens with one attached hydrogen (secondary N) is 2. The number of benzene rings is 4. The Morgan fingerprint density at radius 1 is 0.296 bits per heavy atom. The Labute approximate surface area is 370 Å². The molecule has 2 aliphatic heterocycles. The highest BCUT2D eigenvalue weighted by atomic mass is 35.5. The van der Waals surface area contributed by atoms with Gasteiger partial charge in [-0.05, 0) is 12.1 Å². The lowest BCUT2D eigenvalue weighted by Crippen LogP contribution is -1.86. The number of hydrogen-bond acceptors (Lipinski definition) is 6. The molecule has 0 spiro atoms. The normalized spacial score (nSPS) is 12.3. The molecule has 2 N–H and O–H groups in total. The van der Waals surface area contributed by atoms with Gasteiger partial charge in [-0.15, -0.1) is 0 Å². The average molecular weight is 997 g/mol. The van der Waals surface area contributed by atoms with Gasteiger partial charge >= 0.3 is 0 Å². The zero-order valence-electron chi connectivity index (χ0n) is 25.1. The largest absolute Gasteiger partial charge is 0.324 e. The number of fused-ring (bicyclic) bond motifs is 20. The second-order valence-corrected chi connectivity index (χ2v) is 16.8. The Bertz CT molecular complexity index is 2910. The van der Waals surface area contributed by atoms with Gasteiger partial charge in [0.05, 0.1) is 103 Å². The standard InChI is InChI=1S/C32H4Cl14N8/c33-5-1-3-7(15(37)13(5)35)27-47-25(3)49-29-9-11(19(41)23(45)21(43)17(9)39)32(53-29)52-28-8-4(2-6(34)14(36)16(8)38)26(48-28)50-30-10-12(31(51-27)54-30)20(42)24(46)22(44)18(10)40/h1-2H,(H2,47,48,49,50,51,52,53,54). The summed E-state index contributed by atoms with van der Waals surface area (Å²) in [7, 11) is 0. The van der Waals surface area contributed by atoms with Crippen LogP contribution in [0.2, 0.25) is 70.3 Å². The molecule has 0 atom stereocenters. The Morgan fingerprint density at radius 2 is 0.574 bits per heavy atom. The maximum absolute atomic E-state index is 6.83. The molecule has 8 nitrogen and oxygen atoms in total. The lowest BCUT2D eigenvalue weighted by Gasteiger charge is -2.07. The van der Waals surface area contributed by atoms with Crippen molar-refractivity contribution in [1.29, 1.82) is 0 Å². The fourth-order valence-electron chi connectivity index (χ4n) is 6.13. The molecule has 54 heavy (non-hydrogen) atoms. The number of H-pyrrole nitrogens is 2. The Balaban J connectivity index is 1.59. The van der Waals surface area contributed by atoms with E-state index in [1.54, 1.807) is 0 Å². The Morgan fingerprint density at radius 3 is 0.870 bits per heavy atom. The number of aromatic nitrogens is 8. The number of rotatable bonds is 0. The molecule has 7 aromatic rings. The Hall–Kier alpha value is -1.70. The van der Waals surface area contributed by atoms with Gasteiger partial charge in [0.15, 0.2) is 23.3 Å². The summed E-state index contributed by atoms with van der Waals surface area (Å²) in [5.41, 5.74) is 1.64. The van der Waals surface area contributed by atoms with Crippen LogP contribution in [-0.4, -0.2) is 39.9 Å². The van der Waals surface area contributed by atoms with Crippen LogP contribution >= 0.6 is 162 Å². The molecule has 270 valence electrons. The molecule has 0 unspecified atom stereocenters. The third-order valence-electron chi connectivity index (χ3n) is 8.50. The second-order valence-electron chi connectivity index (χ2n) is 11.4. The van der Waals surface area contributed by atoms with Crippen LogP contribution in [0.15, 0.2) is 12.1 Å². The van der Waals surface area contributed by atoms with Gasteiger partial charge in [-0.25, -0.2) is 29.9 Å². The molecule has 0 fully saturated rings. The molecule has 0 radical (unpaired) electrons. The lowest BCUT2D eigenvalue weighted by atomic mass is 10.1. The smallest absolute Gasteiger partial charge is 0.166 e. The van der Waals surface area contributed by atoms with Gasteiger partial charge in [-0.3, -0.25) is 0 Å². The van der Waals surface area contributed by atoms with E-state index >= 15 is 0 Å². The monoisotopic (exact) mass is 990 g/mol. The van der Waals surface area contributed by atoms with Gasteiger partial charge in [0.25, 0.3) is 0 Å². The first-order valence-corrected chi connectivity index (χ1v) is 19.8. The topological polar surface area (TPSA) is 109 Å². The minimum absolute atomic E-state index is 0.00407. The summed E-state index contributed by atoms with van der Waals surface area (Å²) in [6, 6.07) is 3.07. The summed E-state index contributed by atoms with van der Waals surface area (Å²) in [6.45, 7) is 0. The number of hydrogen-bond donors (Lipinski definition) is 2. The zero-order valence-corrected chi connectivity index (χ0v) is 35.7. The summed E-state index contributed by atoms with van der Waals surface area (Å²) in [5.74, 6) is 0.203. The van der Waals surface area contributed by atoms with E-state index in [1.807, 2.05) is 0 Å². The number of halogens is 14. The number of aromatic amines is 2. The molecule has 22 heteroatoms. The SMILES string of the molecule is Clc1cc2c(c(Cl)c1Cl)-c1nc-2nc2[nH]c(nc3nc(nc4[nH]c(n1)c1c(Cl)c(Cl)c(Cl)c(Cl)c41)-c1cc(Cl)c(Cl)c(Cl)c1-3)c1c(Cl)c(Cl)c(Cl)c(Cl)c21. The fourth-order valence-corrected chi connectivity index (χ4v) is 9.57. The zero-order chi connectivity index (χ0) is 38.4. The molecule has 0 aliphatic carbocycles. The fraction of sp³-hybridized carbons (Fsp3) is 0. The van der Waals surface area contributed by atoms with Crippen molar-refractivity contribution in [1.82, 2.24) is 39.9 Å². The van der Waals surface area contributed by atoms with Crippen LogP contribution < -0.4 is 0 Å². The van der Waals surface area contributed by atoms with Gasteiger partial charge in [0.2, 0.25) is 0 Å². The molecule has 9 rings (SSSR count). The van der Waals surface area contributed by atoms with Crippen LogP contribution in [0.25, 0.3) is 89.7 Å². The van der Waals surface area contributed by atoms with Crippen LogP contribution in [0, 0.1) is 0 Å². The van der Waals surface area contributed by atoms with E-state index in [1.165, 1.54) is 12.1 Å². The molecule has 0 saturated heterocycles. The number of nitrogens with zero attached hydrogens (tertiary/aromatic N) is 6. The quantitative estimate of drug-likeness (QED) is 0.116. The molecule has 2 aliphatic rings. The predicted octanol–water partition coefficient (Wildman–Crippen LogP) is 16.0. The first-order valence-electron chi connectivity index (χ1n) is 14.5. The lowest BCUT2D eigenvalue weighted by molar-refractivity contribution is 1.19. The van der Waals surface area contributed by atoms with Crippen molar-refractivity contribution >= 4 is 207 Å². The van der Waals surface area contributed by atoms with Crippen LogP contribution in [0.1, 0.15) is 0 Å². The molecule has 0 saturated carbocycles. The molecule has 0 amide bonds. The third-order valence-corrected chi connectivity index (χ3v) is 14.6. The summed E-state index contributed by atoms with van der Waals surface area (Å²) in [6.07, 6.45) is 0. The Kier molecular flexibility index (Phi) is 9.42. The second kappa shape index (κ2) is 13.4. The van der Waals surface area contributed by atoms with Crippen molar-refractivity contribution < 1.29 is 0 Å². The van der Waals surface area contributed by atoms with Crippen molar-refractivity contribution in [2.24, 2.45) is 0 Å². The van der Waals surface area contributed by atoms with Gasteiger partial charge in [-0.1, -0.05) is 162 Å². The van der Waals surface area contributed by atoms with E-state index < -0.39 is 0 Å². The van der Waals surface area contributed by atoms with E-state index in [4.69, 9.17) is 192 Å². The molecular weight excluding hydrogens is 993 g/mol. The highest BCUT2D eigenvalue weighted by Crippen LogP contribution is 2.51. The minimum Gasteiger partial charge on any atom is -0.324 e. The minimum atomic E-state index is -0.0396. The maximum Gasteiger partial charge on any atom is 0.166 e. The predicted molar refractivity (Wildman–Crippen MR) is 226 cm³/mol. The highest BCUT2D eigenvalue weighted by molar-refractivity contribution is 6.58. The van der Waals surface area contributed by atoms with E-state index in [2.05, 4.69) is 9.97 Å². The van der Waals surface area contributed by atoms with Crippen molar-refractivity contribution in [2.45, 2.75) is 0 Å². The van der Waals surface area contributed by atoms with E-state index in [0.717, 1.165) is 0 Å². The van der Waals surface area contributed by atoms with Crippen molar-refractivity contribution in [3.05, 3.63) is 82.4 Å². The van der Waals surface area contributed by atoms with Crippen LogP contribution in [0.5, 0.6) is 0 Å². The van der Waals surface area contributed by atoms with Crippen LogP contribution in [0.4, 0.5) is 0 Å². The van der Waals surface area contributed by atoms with E-state index in [-0.39, 0.29) is 149 Å². The molecular formula is C32H4Cl14N8. The van der Waals surface area contributed by atoms with E-state index in [9.17, 15) is 0 Å². The van der Waals surface area contributed by atoms with Crippen molar-refractivity contribution in [2.75, 3.05) is 0 Å². The third kappa shape index (κ3) is 5.41. The van der Waals surface area contributed by atoms with Gasteiger partial charge in [0, 0.05) is 11.1 Å². The molecule has 8 bridgehead atoms. The van der Waals surface area contributed by atoms with Crippen molar-refractivity contribution in [3.8, 4) is 45.6 Å². The molecule has 4 aromatic carbocycles. The van der Waals surface area contributed by atoms with Crippen LogP contribution in [-0.2, 0) is 0 Å². The highest BCUT2D eigenvalue weighted by Gasteiger charge is 2.30. The van der Waals surface area contributed by atoms with Gasteiger partial charge < -0.3 is 9.97 Å². The van der Waals surface area contributed by atoms with Gasteiger partial charge in [0.1, 0.15) is 22.6 Å². The summed E-state index contributed by atoms with van der Waals surface area (Å²) < 4.78 is 0. The van der Waals surface area contributed by atoms with E-state index in [0.29, 0.717) is 11.1 Å². The maximum atomic E-state index is 6.83. The van der Waals surface area contributed by atoms with Crippen molar-refractivity contribution in [3.63, 3.8) is 0 Å². The first-order chi connectivity index (χ1) is 25.6. The molecule has 5 heterocycles. The summed E-state index contributed by atoms with van der Waals surface area (Å²) in [5, 5.41) is 1.18.